The van der Waals surface area contributed by atoms with Gasteiger partial charge in [-0.15, -0.1) is 4.43 Å². The molecule has 1 aromatic carbocycles. The molecule has 1 aromatic rings. The van der Waals surface area contributed by atoms with Crippen LogP contribution in [0.5, 0.6) is 0 Å². The van der Waals surface area contributed by atoms with E-state index in [-0.39, 0.29) is 16.6 Å². The van der Waals surface area contributed by atoms with Crippen molar-refractivity contribution in [3.05, 3.63) is 29.8 Å². The van der Waals surface area contributed by atoms with Crippen LogP contribution in [0, 0.1) is 6.92 Å². The second-order valence-electron chi connectivity index (χ2n) is 3.44. The quantitative estimate of drug-likeness (QED) is 0.491. The van der Waals surface area contributed by atoms with Crippen LogP contribution in [0.15, 0.2) is 24.3 Å². The molecule has 66 valence electrons. The van der Waals surface area contributed by atoms with Crippen LogP contribution in [0.25, 0.3) is 0 Å². The molecular formula is C11H19Al. The van der Waals surface area contributed by atoms with E-state index in [1.165, 1.54) is 23.7 Å². The van der Waals surface area contributed by atoms with Crippen molar-refractivity contribution in [2.75, 3.05) is 0 Å². The molecule has 0 aliphatic heterocycles. The molecule has 0 bridgehead atoms. The molecule has 0 saturated heterocycles. The first kappa shape index (κ1) is 9.84. The van der Waals surface area contributed by atoms with Crippen molar-refractivity contribution in [1.29, 1.82) is 0 Å². The van der Waals surface area contributed by atoms with Gasteiger partial charge >= 0.3 is 0 Å². The molecule has 0 aliphatic carbocycles. The lowest BCUT2D eigenvalue weighted by Gasteiger charge is -1.98. The Hall–Kier alpha value is -0.248. The van der Waals surface area contributed by atoms with E-state index in [2.05, 4.69) is 38.1 Å². The van der Waals surface area contributed by atoms with Crippen LogP contribution in [-0.2, 0) is 0 Å². The van der Waals surface area contributed by atoms with Crippen molar-refractivity contribution in [1.82, 2.24) is 0 Å². The number of aryl methyl sites for hydroxylation is 1. The maximum atomic E-state index is 2.30. The summed E-state index contributed by atoms with van der Waals surface area (Å²) in [5, 5.41) is 1.47. The average molecular weight is 178 g/mol. The number of rotatable bonds is 4. The molecule has 1 rings (SSSR count). The maximum absolute atomic E-state index is 2.30. The highest BCUT2D eigenvalue weighted by Gasteiger charge is 1.95. The van der Waals surface area contributed by atoms with Crippen LogP contribution >= 0.6 is 0 Å². The van der Waals surface area contributed by atoms with E-state index in [0.29, 0.717) is 0 Å². The molecule has 0 atom stereocenters. The fourth-order valence-corrected chi connectivity index (χ4v) is 3.06. The number of hydrogen-bond donors (Lipinski definition) is 0. The fraction of sp³-hybridized carbons (Fsp3) is 0.455. The Morgan fingerprint density at radius 2 is 1.92 bits per heavy atom. The van der Waals surface area contributed by atoms with Crippen LogP contribution < -0.4 is 4.43 Å². The third-order valence-corrected chi connectivity index (χ3v) is 4.09. The molecule has 0 heterocycles. The Morgan fingerprint density at radius 3 is 2.50 bits per heavy atom. The van der Waals surface area contributed by atoms with Crippen molar-refractivity contribution in [2.24, 2.45) is 0 Å². The van der Waals surface area contributed by atoms with Crippen LogP contribution in [0.2, 0.25) is 5.28 Å². The Labute approximate surface area is 83.2 Å². The molecule has 0 aromatic heterocycles. The highest BCUT2D eigenvalue weighted by Crippen LogP contribution is 1.96. The summed E-state index contributed by atoms with van der Waals surface area (Å²) in [7, 11) is 0. The molecule has 0 spiro atoms. The van der Waals surface area contributed by atoms with E-state index in [1.54, 1.807) is 4.43 Å². The smallest absolute Gasteiger partial charge is 0.116 e. The summed E-state index contributed by atoms with van der Waals surface area (Å²) in [6.07, 6.45) is 2.76. The first-order valence-electron chi connectivity index (χ1n) is 4.88. The molecule has 0 nitrogen and oxygen atoms in total. The Bertz CT molecular complexity index is 218. The third kappa shape index (κ3) is 3.43. The minimum absolute atomic E-state index is 0. The molecule has 0 unspecified atom stereocenters. The molecule has 0 saturated carbocycles. The lowest BCUT2D eigenvalue weighted by Crippen LogP contribution is -2.12. The van der Waals surface area contributed by atoms with Gasteiger partial charge < -0.3 is 0 Å². The van der Waals surface area contributed by atoms with E-state index >= 15 is 0 Å². The summed E-state index contributed by atoms with van der Waals surface area (Å²) < 4.78 is 1.62. The standard InChI is InChI=1S/C7H7.C4H9.Al.H2.H/c1-7-5-3-2-4-6-7;1-3-4-2;;;/h3-6H,1H3;1,3-4H2,2H3;;1H;. The zero-order valence-corrected chi connectivity index (χ0v) is 9.55. The van der Waals surface area contributed by atoms with Crippen LogP contribution in [0.3, 0.4) is 0 Å². The topological polar surface area (TPSA) is 0 Å². The Morgan fingerprint density at radius 1 is 1.25 bits per heavy atom. The van der Waals surface area contributed by atoms with Gasteiger partial charge in [0.05, 0.1) is 0 Å². The SMILES string of the molecule is CCC[CH2][AlH][c]1ccc(C)cc1.[HH]. The van der Waals surface area contributed by atoms with E-state index in [4.69, 9.17) is 0 Å². The molecule has 0 aliphatic rings. The van der Waals surface area contributed by atoms with Crippen molar-refractivity contribution in [2.45, 2.75) is 32.0 Å². The lowest BCUT2D eigenvalue weighted by molar-refractivity contribution is 0.881. The van der Waals surface area contributed by atoms with Gasteiger partial charge in [0.2, 0.25) is 0 Å². The molecule has 0 fully saturated rings. The van der Waals surface area contributed by atoms with Gasteiger partial charge in [-0.25, -0.2) is 0 Å². The highest BCUT2D eigenvalue weighted by molar-refractivity contribution is 6.53. The van der Waals surface area contributed by atoms with Crippen LogP contribution in [0.1, 0.15) is 26.8 Å². The summed E-state index contributed by atoms with van der Waals surface area (Å²) in [6, 6.07) is 9.07. The van der Waals surface area contributed by atoms with Gasteiger partial charge in [0.1, 0.15) is 0 Å². The fourth-order valence-electron chi connectivity index (χ4n) is 1.33. The Balaban J connectivity index is 0.00000144. The van der Waals surface area contributed by atoms with Crippen LogP contribution in [-0.4, -0.2) is 15.2 Å². The van der Waals surface area contributed by atoms with Gasteiger partial charge in [-0.1, -0.05) is 54.9 Å². The molecule has 12 heavy (non-hydrogen) atoms. The predicted molar refractivity (Wildman–Crippen MR) is 59.8 cm³/mol. The Kier molecular flexibility index (Phi) is 4.43. The second-order valence-corrected chi connectivity index (χ2v) is 5.47. The van der Waals surface area contributed by atoms with Gasteiger partial charge in [-0.2, -0.15) is 0 Å². The zero-order chi connectivity index (χ0) is 8.81. The first-order valence-corrected chi connectivity index (χ1v) is 6.59. The average Bonchev–Trinajstić information content (AvgIpc) is 2.09. The molecule has 0 radical (unpaired) electrons. The lowest BCUT2D eigenvalue weighted by atomic mass is 10.2. The summed E-state index contributed by atoms with van der Waals surface area (Å²) in [5.41, 5.74) is 1.38. The van der Waals surface area contributed by atoms with E-state index in [9.17, 15) is 0 Å². The van der Waals surface area contributed by atoms with E-state index in [0.717, 1.165) is 0 Å². The summed E-state index contributed by atoms with van der Waals surface area (Å²) >= 11 is 0.0616. The number of unbranched alkanes of at least 4 members (excludes halogenated alkanes) is 1. The minimum Gasteiger partial charge on any atom is -0.116 e. The van der Waals surface area contributed by atoms with Crippen molar-refractivity contribution >= 4 is 19.6 Å². The van der Waals surface area contributed by atoms with Gasteiger partial charge in [0, 0.05) is 1.43 Å². The van der Waals surface area contributed by atoms with Crippen molar-refractivity contribution in [3.8, 4) is 0 Å². The van der Waals surface area contributed by atoms with Gasteiger partial charge in [0.15, 0.2) is 0 Å². The highest BCUT2D eigenvalue weighted by atomic mass is 27.1. The predicted octanol–water partition coefficient (Wildman–Crippen LogP) is 2.52. The van der Waals surface area contributed by atoms with Gasteiger partial charge in [-0.3, -0.25) is 0 Å². The van der Waals surface area contributed by atoms with Gasteiger partial charge in [-0.05, 0) is 6.92 Å². The summed E-state index contributed by atoms with van der Waals surface area (Å²) in [4.78, 5) is 0. The normalized spacial score (nSPS) is 9.83. The minimum atomic E-state index is 0. The first-order chi connectivity index (χ1) is 5.83. The van der Waals surface area contributed by atoms with E-state index < -0.39 is 0 Å². The molecular weight excluding hydrogens is 159 g/mol. The summed E-state index contributed by atoms with van der Waals surface area (Å²) in [5.74, 6) is 0. The van der Waals surface area contributed by atoms with Crippen molar-refractivity contribution < 1.29 is 1.43 Å². The summed E-state index contributed by atoms with van der Waals surface area (Å²) in [6.45, 7) is 4.42. The van der Waals surface area contributed by atoms with Crippen molar-refractivity contribution in [3.63, 3.8) is 0 Å². The van der Waals surface area contributed by atoms with Crippen LogP contribution in [0.4, 0.5) is 0 Å². The number of hydrogen-bond acceptors (Lipinski definition) is 0. The third-order valence-electron chi connectivity index (χ3n) is 2.19. The molecule has 1 heteroatoms. The molecule has 0 N–H and O–H groups in total. The van der Waals surface area contributed by atoms with E-state index in [1.807, 2.05) is 0 Å². The zero-order valence-electron chi connectivity index (χ0n) is 8.14. The number of benzene rings is 1. The van der Waals surface area contributed by atoms with Gasteiger partial charge in [0.25, 0.3) is 15.2 Å². The molecule has 0 amide bonds. The monoisotopic (exact) mass is 178 g/mol. The maximum Gasteiger partial charge on any atom is 0.282 e. The largest absolute Gasteiger partial charge is 0.282 e. The second kappa shape index (κ2) is 5.41.